The first-order chi connectivity index (χ1) is 9.28. The maximum absolute atomic E-state index is 5.63. The molecule has 5 heteroatoms. The molecule has 108 valence electrons. The van der Waals surface area contributed by atoms with Crippen molar-refractivity contribution in [1.82, 2.24) is 15.4 Å². The Hall–Kier alpha value is -0.910. The topological polar surface area (TPSA) is 50.5 Å². The summed E-state index contributed by atoms with van der Waals surface area (Å²) in [5.41, 5.74) is 0.968. The Morgan fingerprint density at radius 1 is 1.53 bits per heavy atom. The smallest absolute Gasteiger partial charge is 0.151 e. The van der Waals surface area contributed by atoms with Gasteiger partial charge in [0.1, 0.15) is 0 Å². The third-order valence-corrected chi connectivity index (χ3v) is 3.26. The van der Waals surface area contributed by atoms with E-state index in [9.17, 15) is 0 Å². The molecule has 0 aromatic carbocycles. The molecule has 0 spiro atoms. The van der Waals surface area contributed by atoms with Gasteiger partial charge < -0.3 is 14.6 Å². The number of rotatable bonds is 10. The van der Waals surface area contributed by atoms with Crippen LogP contribution < -0.4 is 5.32 Å². The van der Waals surface area contributed by atoms with Crippen molar-refractivity contribution in [3.05, 3.63) is 17.5 Å². The van der Waals surface area contributed by atoms with Gasteiger partial charge in [0.05, 0.1) is 18.8 Å². The van der Waals surface area contributed by atoms with Crippen molar-refractivity contribution in [3.8, 4) is 0 Å². The minimum Gasteiger partial charge on any atom is -0.380 e. The molecule has 1 aliphatic carbocycles. The molecule has 1 heterocycles. The van der Waals surface area contributed by atoms with E-state index >= 15 is 0 Å². The van der Waals surface area contributed by atoms with E-state index in [0.29, 0.717) is 0 Å². The van der Waals surface area contributed by atoms with Gasteiger partial charge in [0.2, 0.25) is 0 Å². The fraction of sp³-hybridized carbons (Fsp3) is 0.786. The van der Waals surface area contributed by atoms with Gasteiger partial charge in [0.15, 0.2) is 5.76 Å². The lowest BCUT2D eigenvalue weighted by atomic mass is 10.3. The monoisotopic (exact) mass is 267 g/mol. The third-order valence-electron chi connectivity index (χ3n) is 3.26. The van der Waals surface area contributed by atoms with E-state index in [4.69, 9.17) is 9.26 Å². The predicted octanol–water partition coefficient (Wildman–Crippen LogP) is 1.64. The molecule has 0 unspecified atom stereocenters. The normalized spacial score (nSPS) is 15.3. The summed E-state index contributed by atoms with van der Waals surface area (Å²) in [4.78, 5) is 2.20. The summed E-state index contributed by atoms with van der Waals surface area (Å²) in [5, 5.41) is 7.27. The Kier molecular flexibility index (Phi) is 5.82. The second kappa shape index (κ2) is 7.62. The quantitative estimate of drug-likeness (QED) is 0.653. The van der Waals surface area contributed by atoms with E-state index < -0.39 is 0 Å². The first kappa shape index (κ1) is 14.5. The van der Waals surface area contributed by atoms with E-state index in [1.165, 1.54) is 12.8 Å². The highest BCUT2D eigenvalue weighted by Gasteiger charge is 2.20. The molecule has 0 aliphatic heterocycles. The van der Waals surface area contributed by atoms with Gasteiger partial charge in [-0.3, -0.25) is 4.90 Å². The van der Waals surface area contributed by atoms with Gasteiger partial charge in [-0.1, -0.05) is 12.1 Å². The van der Waals surface area contributed by atoms with Crippen molar-refractivity contribution >= 4 is 0 Å². The van der Waals surface area contributed by atoms with Crippen molar-refractivity contribution in [1.29, 1.82) is 0 Å². The summed E-state index contributed by atoms with van der Waals surface area (Å²) in [5.74, 6) is 1.76. The van der Waals surface area contributed by atoms with Gasteiger partial charge in [-0.25, -0.2) is 0 Å². The summed E-state index contributed by atoms with van der Waals surface area (Å²) in [7, 11) is 2.08. The number of nitrogens with zero attached hydrogens (tertiary/aromatic N) is 2. The third kappa shape index (κ3) is 5.72. The first-order valence-corrected chi connectivity index (χ1v) is 7.19. The molecule has 1 saturated carbocycles. The molecule has 0 bridgehead atoms. The van der Waals surface area contributed by atoms with Gasteiger partial charge in [0.25, 0.3) is 0 Å². The van der Waals surface area contributed by atoms with Crippen LogP contribution in [0.25, 0.3) is 0 Å². The Labute approximate surface area is 115 Å². The molecule has 0 amide bonds. The summed E-state index contributed by atoms with van der Waals surface area (Å²) in [6.07, 6.45) is 2.70. The Morgan fingerprint density at radius 2 is 2.37 bits per heavy atom. The Bertz CT molecular complexity index is 363. The largest absolute Gasteiger partial charge is 0.380 e. The fourth-order valence-electron chi connectivity index (χ4n) is 1.87. The number of hydrogen-bond donors (Lipinski definition) is 1. The second-order valence-corrected chi connectivity index (χ2v) is 5.32. The summed E-state index contributed by atoms with van der Waals surface area (Å²) in [6.45, 7) is 7.24. The predicted molar refractivity (Wildman–Crippen MR) is 73.8 cm³/mol. The summed E-state index contributed by atoms with van der Waals surface area (Å²) < 4.78 is 10.9. The molecule has 0 radical (unpaired) electrons. The van der Waals surface area contributed by atoms with E-state index in [-0.39, 0.29) is 0 Å². The van der Waals surface area contributed by atoms with Gasteiger partial charge in [0, 0.05) is 25.8 Å². The van der Waals surface area contributed by atoms with Crippen LogP contribution in [0.2, 0.25) is 0 Å². The van der Waals surface area contributed by atoms with Gasteiger partial charge in [-0.15, -0.1) is 0 Å². The average molecular weight is 267 g/mol. The van der Waals surface area contributed by atoms with Crippen LogP contribution >= 0.6 is 0 Å². The number of likely N-dealkylation sites (N-methyl/N-ethyl adjacent to an activating group) is 1. The van der Waals surface area contributed by atoms with Crippen molar-refractivity contribution in [2.24, 2.45) is 5.92 Å². The molecule has 0 saturated heterocycles. The van der Waals surface area contributed by atoms with Crippen LogP contribution in [0.4, 0.5) is 0 Å². The molecule has 1 fully saturated rings. The molecule has 0 atom stereocenters. The van der Waals surface area contributed by atoms with Gasteiger partial charge >= 0.3 is 0 Å². The highest BCUT2D eigenvalue weighted by molar-refractivity contribution is 5.04. The van der Waals surface area contributed by atoms with E-state index in [0.717, 1.165) is 56.8 Å². The van der Waals surface area contributed by atoms with Crippen LogP contribution in [-0.4, -0.2) is 43.4 Å². The molecule has 1 aromatic heterocycles. The lowest BCUT2D eigenvalue weighted by Gasteiger charge is -2.14. The molecule has 19 heavy (non-hydrogen) atoms. The molecule has 5 nitrogen and oxygen atoms in total. The van der Waals surface area contributed by atoms with Crippen molar-refractivity contribution in [2.75, 3.05) is 33.4 Å². The molecule has 1 N–H and O–H groups in total. The number of hydrogen-bond acceptors (Lipinski definition) is 5. The minimum absolute atomic E-state index is 0.772. The SMILES string of the molecule is CCNCc1cc(CN(C)CCOCC2CC2)on1. The summed E-state index contributed by atoms with van der Waals surface area (Å²) >= 11 is 0. The van der Waals surface area contributed by atoms with Crippen LogP contribution in [-0.2, 0) is 17.8 Å². The van der Waals surface area contributed by atoms with E-state index in [2.05, 4.69) is 29.3 Å². The van der Waals surface area contributed by atoms with Crippen LogP contribution in [0.1, 0.15) is 31.2 Å². The maximum Gasteiger partial charge on any atom is 0.151 e. The molecular formula is C14H25N3O2. The van der Waals surface area contributed by atoms with Crippen molar-refractivity contribution in [2.45, 2.75) is 32.9 Å². The molecule has 2 rings (SSSR count). The van der Waals surface area contributed by atoms with E-state index in [1.807, 2.05) is 6.07 Å². The lowest BCUT2D eigenvalue weighted by molar-refractivity contribution is 0.0993. The summed E-state index contributed by atoms with van der Waals surface area (Å²) in [6, 6.07) is 2.02. The Morgan fingerprint density at radius 3 is 3.11 bits per heavy atom. The number of aromatic nitrogens is 1. The van der Waals surface area contributed by atoms with Crippen LogP contribution in [0, 0.1) is 5.92 Å². The van der Waals surface area contributed by atoms with Crippen LogP contribution in [0.15, 0.2) is 10.6 Å². The zero-order valence-electron chi connectivity index (χ0n) is 12.0. The first-order valence-electron chi connectivity index (χ1n) is 7.19. The zero-order chi connectivity index (χ0) is 13.5. The van der Waals surface area contributed by atoms with Gasteiger partial charge in [-0.2, -0.15) is 0 Å². The van der Waals surface area contributed by atoms with Crippen molar-refractivity contribution in [3.63, 3.8) is 0 Å². The molecular weight excluding hydrogens is 242 g/mol. The highest BCUT2D eigenvalue weighted by Crippen LogP contribution is 2.28. The van der Waals surface area contributed by atoms with Crippen LogP contribution in [0.3, 0.4) is 0 Å². The minimum atomic E-state index is 0.772. The lowest BCUT2D eigenvalue weighted by Crippen LogP contribution is -2.22. The number of ether oxygens (including phenoxy) is 1. The zero-order valence-corrected chi connectivity index (χ0v) is 12.0. The maximum atomic E-state index is 5.63. The van der Waals surface area contributed by atoms with Crippen molar-refractivity contribution < 1.29 is 9.26 Å². The molecule has 1 aliphatic rings. The average Bonchev–Trinajstić information content (AvgIpc) is 3.12. The number of nitrogens with one attached hydrogen (secondary N) is 1. The Balaban J connectivity index is 1.60. The second-order valence-electron chi connectivity index (χ2n) is 5.32. The van der Waals surface area contributed by atoms with Gasteiger partial charge in [-0.05, 0) is 32.4 Å². The highest BCUT2D eigenvalue weighted by atomic mass is 16.5. The standard InChI is InChI=1S/C14H25N3O2/c1-3-15-9-13-8-14(19-16-13)10-17(2)6-7-18-11-12-4-5-12/h8,12,15H,3-7,9-11H2,1-2H3. The van der Waals surface area contributed by atoms with E-state index in [1.54, 1.807) is 0 Å². The molecule has 1 aromatic rings. The fourth-order valence-corrected chi connectivity index (χ4v) is 1.87. The van der Waals surface area contributed by atoms with Crippen LogP contribution in [0.5, 0.6) is 0 Å².